The van der Waals surface area contributed by atoms with Gasteiger partial charge in [-0.25, -0.2) is 9.18 Å². The Balaban J connectivity index is 1.97. The number of carbonyl (C=O) groups excluding carboxylic acids is 2. The molecule has 0 bridgehead atoms. The Morgan fingerprint density at radius 3 is 2.44 bits per heavy atom. The lowest BCUT2D eigenvalue weighted by molar-refractivity contribution is -0.158. The summed E-state index contributed by atoms with van der Waals surface area (Å²) in [7, 11) is 0. The molecule has 2 aliphatic carbocycles. The molecule has 2 aromatic rings. The number of hydrogen-bond acceptors (Lipinski definition) is 6. The first-order valence-corrected chi connectivity index (χ1v) is 11.0. The van der Waals surface area contributed by atoms with Gasteiger partial charge in [0, 0.05) is 17.8 Å². The Bertz CT molecular complexity index is 1190. The first-order chi connectivity index (χ1) is 14.9. The van der Waals surface area contributed by atoms with E-state index in [1.54, 1.807) is 40.7 Å². The maximum Gasteiger partial charge on any atom is 0.343 e. The third kappa shape index (κ3) is 3.50. The van der Waals surface area contributed by atoms with Gasteiger partial charge in [-0.05, 0) is 77.0 Å². The highest BCUT2D eigenvalue weighted by molar-refractivity contribution is 5.92. The molecular weight excluding hydrogens is 415 g/mol. The van der Waals surface area contributed by atoms with E-state index in [-0.39, 0.29) is 30.1 Å². The third-order valence-corrected chi connectivity index (χ3v) is 6.21. The van der Waals surface area contributed by atoms with Gasteiger partial charge in [0.1, 0.15) is 22.4 Å². The minimum atomic E-state index is -1.29. The second-order valence-electron chi connectivity index (χ2n) is 9.79. The average Bonchev–Trinajstić information content (AvgIpc) is 3.59. The van der Waals surface area contributed by atoms with Gasteiger partial charge in [-0.3, -0.25) is 14.0 Å². The van der Waals surface area contributed by atoms with E-state index in [9.17, 15) is 14.4 Å². The van der Waals surface area contributed by atoms with Crippen molar-refractivity contribution >= 4 is 17.5 Å². The van der Waals surface area contributed by atoms with Crippen LogP contribution in [-0.4, -0.2) is 34.6 Å². The van der Waals surface area contributed by atoms with Crippen molar-refractivity contribution in [3.63, 3.8) is 0 Å². The van der Waals surface area contributed by atoms with Gasteiger partial charge in [-0.2, -0.15) is 0 Å². The molecule has 2 heterocycles. The number of aryl methyl sites for hydroxylation is 1. The maximum absolute atomic E-state index is 15.6. The molecule has 2 aromatic heterocycles. The molecule has 0 radical (unpaired) electrons. The number of nitrogens with two attached hydrogens (primary N) is 1. The summed E-state index contributed by atoms with van der Waals surface area (Å²) in [5, 5.41) is 0. The van der Waals surface area contributed by atoms with E-state index in [1.807, 2.05) is 0 Å². The van der Waals surface area contributed by atoms with Crippen LogP contribution in [0.1, 0.15) is 79.9 Å². The Kier molecular flexibility index (Phi) is 5.19. The number of halogens is 1. The normalized spacial score (nSPS) is 22.7. The number of esters is 2. The minimum Gasteiger partial charge on any atom is -0.462 e. The molecule has 0 saturated heterocycles. The van der Waals surface area contributed by atoms with Crippen LogP contribution < -0.4 is 11.3 Å². The quantitative estimate of drug-likeness (QED) is 0.712. The first-order valence-electron chi connectivity index (χ1n) is 11.0. The van der Waals surface area contributed by atoms with E-state index in [4.69, 9.17) is 15.2 Å². The van der Waals surface area contributed by atoms with Crippen LogP contribution in [0.15, 0.2) is 17.1 Å². The fourth-order valence-electron chi connectivity index (χ4n) is 4.54. The zero-order chi connectivity index (χ0) is 23.6. The Morgan fingerprint density at radius 2 is 1.94 bits per heavy atom. The van der Waals surface area contributed by atoms with E-state index in [1.165, 1.54) is 4.40 Å². The number of fused-ring (bicyclic) bond motifs is 1. The fourth-order valence-corrected chi connectivity index (χ4v) is 4.54. The van der Waals surface area contributed by atoms with Gasteiger partial charge in [0.2, 0.25) is 0 Å². The van der Waals surface area contributed by atoms with E-state index >= 15 is 4.39 Å². The molecule has 4 rings (SSSR count). The number of carbonyl (C=O) groups is 2. The molecule has 0 spiro atoms. The predicted molar refractivity (Wildman–Crippen MR) is 116 cm³/mol. The van der Waals surface area contributed by atoms with Crippen LogP contribution in [0.2, 0.25) is 0 Å². The van der Waals surface area contributed by atoms with Crippen LogP contribution >= 0.6 is 0 Å². The fraction of sp³-hybridized carbons (Fsp3) is 0.542. The summed E-state index contributed by atoms with van der Waals surface area (Å²) in [4.78, 5) is 38.6. The van der Waals surface area contributed by atoms with Gasteiger partial charge in [0.25, 0.3) is 5.56 Å². The second kappa shape index (κ2) is 7.40. The van der Waals surface area contributed by atoms with Crippen LogP contribution in [0.3, 0.4) is 0 Å². The highest BCUT2D eigenvalue weighted by Crippen LogP contribution is 2.52. The van der Waals surface area contributed by atoms with Crippen LogP contribution in [0.25, 0.3) is 5.52 Å². The molecule has 2 saturated carbocycles. The number of rotatable bonds is 5. The van der Waals surface area contributed by atoms with Gasteiger partial charge < -0.3 is 15.2 Å². The molecule has 2 atom stereocenters. The molecule has 0 aromatic carbocycles. The smallest absolute Gasteiger partial charge is 0.343 e. The van der Waals surface area contributed by atoms with Crippen LogP contribution in [0.5, 0.6) is 0 Å². The number of pyridine rings is 2. The molecule has 7 nitrogen and oxygen atoms in total. The molecule has 0 amide bonds. The zero-order valence-electron chi connectivity index (χ0n) is 19.1. The summed E-state index contributed by atoms with van der Waals surface area (Å²) in [6, 6.07) is 0.984. The number of nitrogens with zero attached hydrogens (tertiary/aromatic N) is 1. The summed E-state index contributed by atoms with van der Waals surface area (Å²) in [6.07, 6.45) is 3.13. The van der Waals surface area contributed by atoms with Gasteiger partial charge in [-0.15, -0.1) is 0 Å². The van der Waals surface area contributed by atoms with Gasteiger partial charge in [0.05, 0.1) is 12.1 Å². The third-order valence-electron chi connectivity index (χ3n) is 6.21. The lowest BCUT2D eigenvalue weighted by atomic mass is 9.88. The second-order valence-corrected chi connectivity index (χ2v) is 9.79. The van der Waals surface area contributed by atoms with Gasteiger partial charge in [0.15, 0.2) is 0 Å². The molecule has 172 valence electrons. The molecule has 2 unspecified atom stereocenters. The summed E-state index contributed by atoms with van der Waals surface area (Å²) in [6.45, 7) is 8.72. The number of hydrogen-bond donors (Lipinski definition) is 1. The Morgan fingerprint density at radius 1 is 1.31 bits per heavy atom. The summed E-state index contributed by atoms with van der Waals surface area (Å²) >= 11 is 0. The van der Waals surface area contributed by atoms with E-state index in [2.05, 4.69) is 0 Å². The summed E-state index contributed by atoms with van der Waals surface area (Å²) < 4.78 is 27.3. The highest BCUT2D eigenvalue weighted by atomic mass is 19.1. The largest absolute Gasteiger partial charge is 0.462 e. The van der Waals surface area contributed by atoms with E-state index < -0.39 is 40.4 Å². The summed E-state index contributed by atoms with van der Waals surface area (Å²) in [5.74, 6) is -1.87. The number of ether oxygens (including phenoxy) is 2. The highest BCUT2D eigenvalue weighted by Gasteiger charge is 2.63. The van der Waals surface area contributed by atoms with Crippen molar-refractivity contribution in [2.24, 2.45) is 5.73 Å². The van der Waals surface area contributed by atoms with Gasteiger partial charge in [-0.1, -0.05) is 0 Å². The topological polar surface area (TPSA) is 100 Å². The van der Waals surface area contributed by atoms with Crippen LogP contribution in [-0.2, 0) is 19.7 Å². The first kappa shape index (κ1) is 22.5. The predicted octanol–water partition coefficient (Wildman–Crippen LogP) is 3.11. The zero-order valence-corrected chi connectivity index (χ0v) is 19.1. The Labute approximate surface area is 185 Å². The van der Waals surface area contributed by atoms with Crippen LogP contribution in [0.4, 0.5) is 4.39 Å². The lowest BCUT2D eigenvalue weighted by Crippen LogP contribution is -2.37. The van der Waals surface area contributed by atoms with E-state index in [0.29, 0.717) is 11.1 Å². The number of aromatic nitrogens is 1. The van der Waals surface area contributed by atoms with Crippen molar-refractivity contribution in [1.82, 2.24) is 4.40 Å². The molecule has 8 heteroatoms. The molecule has 2 aliphatic rings. The van der Waals surface area contributed by atoms with Crippen LogP contribution in [0, 0.1) is 12.7 Å². The van der Waals surface area contributed by atoms with Crippen molar-refractivity contribution in [1.29, 1.82) is 0 Å². The standard InChI is InChI=1S/C24H29FN2O5/c1-6-31-21(29)15-9-14(13-7-8-13)19-12(2)18(16(25)11-27(19)20(15)28)24(10-17(24)26)22(30)32-23(3,4)5/h9,11,13,17H,6-8,10,26H2,1-5H3. The monoisotopic (exact) mass is 444 g/mol. The van der Waals surface area contributed by atoms with Crippen molar-refractivity contribution in [3.8, 4) is 0 Å². The lowest BCUT2D eigenvalue weighted by Gasteiger charge is -2.26. The van der Waals surface area contributed by atoms with Crippen molar-refractivity contribution in [3.05, 3.63) is 50.7 Å². The van der Waals surface area contributed by atoms with Crippen molar-refractivity contribution in [2.45, 2.75) is 76.9 Å². The van der Waals surface area contributed by atoms with Crippen molar-refractivity contribution < 1.29 is 23.5 Å². The molecule has 0 aliphatic heterocycles. The molecule has 2 N–H and O–H groups in total. The maximum atomic E-state index is 15.6. The van der Waals surface area contributed by atoms with Crippen molar-refractivity contribution in [2.75, 3.05) is 6.61 Å². The summed E-state index contributed by atoms with van der Waals surface area (Å²) in [5.41, 5.74) is 5.30. The SMILES string of the molecule is CCOC(=O)c1cc(C2CC2)c2c(C)c(C3(C(=O)OC(C)(C)C)CC3N)c(F)cn2c1=O. The molecule has 2 fully saturated rings. The van der Waals surface area contributed by atoms with E-state index in [0.717, 1.165) is 24.6 Å². The average molecular weight is 445 g/mol. The molecular formula is C24H29FN2O5. The van der Waals surface area contributed by atoms with Gasteiger partial charge >= 0.3 is 11.9 Å². The minimum absolute atomic E-state index is 0.122. The Hall–Kier alpha value is -2.74. The molecule has 32 heavy (non-hydrogen) atoms.